The molecule has 1 amide bonds. The van der Waals surface area contributed by atoms with E-state index in [1.54, 1.807) is 12.1 Å². The molecule has 130 valence electrons. The monoisotopic (exact) mass is 341 g/mol. The molecule has 0 heterocycles. The lowest BCUT2D eigenvalue weighted by Crippen LogP contribution is -2.34. The summed E-state index contributed by atoms with van der Waals surface area (Å²) in [5.41, 5.74) is 2.63. The fourth-order valence-corrected chi connectivity index (χ4v) is 3.13. The number of esters is 1. The number of carbonyl (C=O) groups is 2. The Morgan fingerprint density at radius 3 is 2.72 bits per heavy atom. The van der Waals surface area contributed by atoms with Crippen LogP contribution in [-0.2, 0) is 27.2 Å². The highest BCUT2D eigenvalue weighted by molar-refractivity contribution is 5.81. The molecule has 1 atom stereocenters. The summed E-state index contributed by atoms with van der Waals surface area (Å²) < 4.78 is 18.5. The van der Waals surface area contributed by atoms with Crippen LogP contribution in [0, 0.1) is 5.82 Å². The molecule has 1 N–H and O–H groups in total. The first-order valence-electron chi connectivity index (χ1n) is 8.39. The zero-order chi connectivity index (χ0) is 17.6. The Morgan fingerprint density at radius 1 is 1.12 bits per heavy atom. The van der Waals surface area contributed by atoms with E-state index in [4.69, 9.17) is 4.74 Å². The van der Waals surface area contributed by atoms with Crippen molar-refractivity contribution >= 4 is 11.9 Å². The van der Waals surface area contributed by atoms with E-state index in [2.05, 4.69) is 11.4 Å². The fourth-order valence-electron chi connectivity index (χ4n) is 3.13. The molecule has 0 saturated heterocycles. The molecule has 25 heavy (non-hydrogen) atoms. The molecule has 0 aliphatic heterocycles. The molecule has 2 aromatic carbocycles. The molecule has 5 heteroatoms. The fraction of sp³-hybridized carbons (Fsp3) is 0.300. The van der Waals surface area contributed by atoms with Gasteiger partial charge in [-0.05, 0) is 42.0 Å². The van der Waals surface area contributed by atoms with Crippen LogP contribution in [0.25, 0.3) is 0 Å². The first-order chi connectivity index (χ1) is 12.1. The van der Waals surface area contributed by atoms with Gasteiger partial charge in [0.1, 0.15) is 5.82 Å². The van der Waals surface area contributed by atoms with Crippen molar-refractivity contribution < 1.29 is 18.7 Å². The summed E-state index contributed by atoms with van der Waals surface area (Å²) in [4.78, 5) is 23.9. The van der Waals surface area contributed by atoms with Gasteiger partial charge in [0, 0.05) is 0 Å². The van der Waals surface area contributed by atoms with Gasteiger partial charge in [-0.15, -0.1) is 0 Å². The van der Waals surface area contributed by atoms with Crippen LogP contribution in [0.15, 0.2) is 48.5 Å². The Kier molecular flexibility index (Phi) is 5.43. The maximum atomic E-state index is 13.5. The number of amides is 1. The van der Waals surface area contributed by atoms with Crippen molar-refractivity contribution in [3.63, 3.8) is 0 Å². The van der Waals surface area contributed by atoms with Crippen molar-refractivity contribution in [2.75, 3.05) is 6.61 Å². The van der Waals surface area contributed by atoms with E-state index in [1.165, 1.54) is 17.7 Å². The number of carbonyl (C=O) groups excluding carboxylic acids is 2. The van der Waals surface area contributed by atoms with Crippen LogP contribution in [0.2, 0.25) is 0 Å². The minimum absolute atomic E-state index is 0.0530. The Balaban J connectivity index is 1.50. The first-order valence-corrected chi connectivity index (χ1v) is 8.39. The second-order valence-electron chi connectivity index (χ2n) is 6.14. The average molecular weight is 341 g/mol. The highest BCUT2D eigenvalue weighted by Crippen LogP contribution is 2.29. The number of hydrogen-bond donors (Lipinski definition) is 1. The third kappa shape index (κ3) is 4.44. The second kappa shape index (κ2) is 7.92. The van der Waals surface area contributed by atoms with Crippen LogP contribution in [0.4, 0.5) is 4.39 Å². The lowest BCUT2D eigenvalue weighted by molar-refractivity contribution is -0.148. The predicted molar refractivity (Wildman–Crippen MR) is 91.3 cm³/mol. The van der Waals surface area contributed by atoms with Crippen LogP contribution in [0.5, 0.6) is 0 Å². The van der Waals surface area contributed by atoms with Gasteiger partial charge in [0.25, 0.3) is 5.91 Å². The summed E-state index contributed by atoms with van der Waals surface area (Å²) in [6, 6.07) is 14.0. The Morgan fingerprint density at radius 2 is 1.88 bits per heavy atom. The van der Waals surface area contributed by atoms with Crippen molar-refractivity contribution in [1.29, 1.82) is 0 Å². The van der Waals surface area contributed by atoms with Crippen molar-refractivity contribution in [3.8, 4) is 0 Å². The Hall–Kier alpha value is -2.69. The third-order valence-corrected chi connectivity index (χ3v) is 4.36. The highest BCUT2D eigenvalue weighted by atomic mass is 19.1. The molecule has 1 aliphatic rings. The Bertz CT molecular complexity index is 775. The number of benzene rings is 2. The van der Waals surface area contributed by atoms with E-state index >= 15 is 0 Å². The van der Waals surface area contributed by atoms with Gasteiger partial charge in [-0.25, -0.2) is 4.39 Å². The molecule has 1 aliphatic carbocycles. The zero-order valence-corrected chi connectivity index (χ0v) is 13.8. The van der Waals surface area contributed by atoms with Crippen molar-refractivity contribution in [2.24, 2.45) is 0 Å². The van der Waals surface area contributed by atoms with Gasteiger partial charge in [0.15, 0.2) is 6.61 Å². The van der Waals surface area contributed by atoms with E-state index in [0.29, 0.717) is 0 Å². The van der Waals surface area contributed by atoms with Crippen LogP contribution >= 0.6 is 0 Å². The van der Waals surface area contributed by atoms with Gasteiger partial charge in [-0.1, -0.05) is 42.5 Å². The predicted octanol–water partition coefficient (Wildman–Crippen LogP) is 3.11. The topological polar surface area (TPSA) is 55.4 Å². The molecule has 2 aromatic rings. The third-order valence-electron chi connectivity index (χ3n) is 4.36. The van der Waals surface area contributed by atoms with Crippen molar-refractivity contribution in [1.82, 2.24) is 5.32 Å². The molecular weight excluding hydrogens is 321 g/mol. The molecule has 0 fully saturated rings. The number of rotatable bonds is 5. The molecule has 3 rings (SSSR count). The molecule has 0 radical (unpaired) electrons. The van der Waals surface area contributed by atoms with E-state index in [1.807, 2.05) is 18.2 Å². The average Bonchev–Trinajstić information content (AvgIpc) is 2.62. The zero-order valence-electron chi connectivity index (χ0n) is 13.8. The maximum absolute atomic E-state index is 13.5. The van der Waals surface area contributed by atoms with Gasteiger partial charge >= 0.3 is 5.97 Å². The number of ether oxygens (including phenoxy) is 1. The summed E-state index contributed by atoms with van der Waals surface area (Å²) in [6.07, 6.45) is 2.70. The SMILES string of the molecule is O=C(COC(=O)Cc1ccccc1F)NC1CCCc2ccccc21. The quantitative estimate of drug-likeness (QED) is 0.850. The lowest BCUT2D eigenvalue weighted by Gasteiger charge is -2.26. The lowest BCUT2D eigenvalue weighted by atomic mass is 9.88. The maximum Gasteiger partial charge on any atom is 0.310 e. The van der Waals surface area contributed by atoms with Gasteiger partial charge in [0.2, 0.25) is 0 Å². The number of aryl methyl sites for hydroxylation is 1. The van der Waals surface area contributed by atoms with Crippen LogP contribution in [0.1, 0.15) is 35.6 Å². The smallest absolute Gasteiger partial charge is 0.310 e. The minimum Gasteiger partial charge on any atom is -0.455 e. The molecule has 0 aromatic heterocycles. The Labute approximate surface area is 146 Å². The number of nitrogens with one attached hydrogen (secondary N) is 1. The van der Waals surface area contributed by atoms with Gasteiger partial charge in [-0.3, -0.25) is 9.59 Å². The van der Waals surface area contributed by atoms with E-state index < -0.39 is 11.8 Å². The number of halogens is 1. The van der Waals surface area contributed by atoms with Crippen LogP contribution in [-0.4, -0.2) is 18.5 Å². The van der Waals surface area contributed by atoms with Gasteiger partial charge < -0.3 is 10.1 Å². The normalized spacial score (nSPS) is 16.0. The van der Waals surface area contributed by atoms with Crippen LogP contribution < -0.4 is 5.32 Å². The van der Waals surface area contributed by atoms with E-state index in [-0.39, 0.29) is 30.5 Å². The van der Waals surface area contributed by atoms with E-state index in [0.717, 1.165) is 24.8 Å². The number of fused-ring (bicyclic) bond motifs is 1. The summed E-state index contributed by atoms with van der Waals surface area (Å²) in [5, 5.41) is 2.92. The first kappa shape index (κ1) is 17.1. The molecule has 4 nitrogen and oxygen atoms in total. The van der Waals surface area contributed by atoms with Crippen LogP contribution in [0.3, 0.4) is 0 Å². The van der Waals surface area contributed by atoms with Gasteiger partial charge in [-0.2, -0.15) is 0 Å². The largest absolute Gasteiger partial charge is 0.455 e. The molecular formula is C20H20FNO3. The summed E-state index contributed by atoms with van der Waals surface area (Å²) in [6.45, 7) is -0.355. The molecule has 0 saturated carbocycles. The van der Waals surface area contributed by atoms with E-state index in [9.17, 15) is 14.0 Å². The van der Waals surface area contributed by atoms with Crippen molar-refractivity contribution in [3.05, 3.63) is 71.0 Å². The van der Waals surface area contributed by atoms with Crippen molar-refractivity contribution in [2.45, 2.75) is 31.7 Å². The second-order valence-corrected chi connectivity index (χ2v) is 6.14. The molecule has 0 spiro atoms. The summed E-state index contributed by atoms with van der Waals surface area (Å²) >= 11 is 0. The molecule has 1 unspecified atom stereocenters. The van der Waals surface area contributed by atoms with Gasteiger partial charge in [0.05, 0.1) is 12.5 Å². The highest BCUT2D eigenvalue weighted by Gasteiger charge is 2.21. The summed E-state index contributed by atoms with van der Waals surface area (Å²) in [7, 11) is 0. The standard InChI is InChI=1S/C20H20FNO3/c21-17-10-4-2-7-15(17)12-20(24)25-13-19(23)22-18-11-5-8-14-6-1-3-9-16(14)18/h1-4,6-7,9-10,18H,5,8,11-13H2,(H,22,23). The minimum atomic E-state index is -0.621. The molecule has 0 bridgehead atoms. The number of hydrogen-bond acceptors (Lipinski definition) is 3. The summed E-state index contributed by atoms with van der Waals surface area (Å²) in [5.74, 6) is -1.42.